The first kappa shape index (κ1) is 13.7. The van der Waals surface area contributed by atoms with E-state index in [0.29, 0.717) is 11.4 Å². The Morgan fingerprint density at radius 1 is 1.16 bits per heavy atom. The lowest BCUT2D eigenvalue weighted by Gasteiger charge is -2.17. The predicted molar refractivity (Wildman–Crippen MR) is 74.1 cm³/mol. The van der Waals surface area contributed by atoms with Gasteiger partial charge in [-0.15, -0.1) is 0 Å². The summed E-state index contributed by atoms with van der Waals surface area (Å²) in [5.41, 5.74) is 1.84. The zero-order valence-electron chi connectivity index (χ0n) is 10.9. The highest BCUT2D eigenvalue weighted by Gasteiger charge is 2.20. The average Bonchev–Trinajstić information content (AvgIpc) is 2.40. The summed E-state index contributed by atoms with van der Waals surface area (Å²) in [6.45, 7) is 2.21. The van der Waals surface area contributed by atoms with E-state index in [1.807, 2.05) is 25.1 Å². The van der Waals surface area contributed by atoms with Gasteiger partial charge >= 0.3 is 0 Å². The molecule has 0 amide bonds. The van der Waals surface area contributed by atoms with Crippen LogP contribution in [0.2, 0.25) is 0 Å². The molecule has 5 heteroatoms. The Bertz CT molecular complexity index is 654. The van der Waals surface area contributed by atoms with Crippen LogP contribution in [-0.2, 0) is 16.6 Å². The van der Waals surface area contributed by atoms with E-state index in [9.17, 15) is 8.42 Å². The molecule has 0 aliphatic rings. The summed E-state index contributed by atoms with van der Waals surface area (Å²) in [5, 5.41) is 0. The number of benzene rings is 1. The number of hydrogen-bond acceptors (Lipinski definition) is 3. The molecule has 19 heavy (non-hydrogen) atoms. The quantitative estimate of drug-likeness (QED) is 0.860. The maximum atomic E-state index is 12.4. The number of rotatable bonds is 4. The summed E-state index contributed by atoms with van der Waals surface area (Å²) in [6.07, 6.45) is 3.31. The van der Waals surface area contributed by atoms with Gasteiger partial charge in [-0.25, -0.2) is 8.42 Å². The lowest BCUT2D eigenvalue weighted by molar-refractivity contribution is 0.466. The Labute approximate surface area is 113 Å². The first-order chi connectivity index (χ1) is 9.00. The molecule has 0 aliphatic carbocycles. The van der Waals surface area contributed by atoms with Crippen LogP contribution in [0.3, 0.4) is 0 Å². The molecule has 0 radical (unpaired) electrons. The number of pyridine rings is 1. The van der Waals surface area contributed by atoms with Crippen LogP contribution in [0, 0.1) is 6.92 Å². The zero-order valence-corrected chi connectivity index (χ0v) is 11.8. The molecule has 0 saturated carbocycles. The largest absolute Gasteiger partial charge is 0.265 e. The maximum absolute atomic E-state index is 12.4. The van der Waals surface area contributed by atoms with Gasteiger partial charge in [-0.2, -0.15) is 4.31 Å². The molecule has 1 aromatic heterocycles. The van der Waals surface area contributed by atoms with Crippen LogP contribution in [0.4, 0.5) is 0 Å². The molecule has 0 unspecified atom stereocenters. The van der Waals surface area contributed by atoms with Crippen molar-refractivity contribution in [3.63, 3.8) is 0 Å². The van der Waals surface area contributed by atoms with Crippen molar-refractivity contribution in [2.75, 3.05) is 7.05 Å². The molecule has 0 bridgehead atoms. The van der Waals surface area contributed by atoms with E-state index >= 15 is 0 Å². The van der Waals surface area contributed by atoms with Crippen LogP contribution < -0.4 is 0 Å². The van der Waals surface area contributed by atoms with Gasteiger partial charge < -0.3 is 0 Å². The molecule has 1 heterocycles. The van der Waals surface area contributed by atoms with Gasteiger partial charge in [-0.1, -0.05) is 12.1 Å². The Morgan fingerprint density at radius 3 is 2.47 bits per heavy atom. The minimum atomic E-state index is -3.45. The summed E-state index contributed by atoms with van der Waals surface area (Å²) < 4.78 is 26.1. The van der Waals surface area contributed by atoms with Crippen molar-refractivity contribution in [3.8, 4) is 0 Å². The molecule has 0 saturated heterocycles. The molecule has 0 atom stereocenters. The Hall–Kier alpha value is -1.72. The smallest absolute Gasteiger partial charge is 0.243 e. The number of sulfonamides is 1. The predicted octanol–water partition coefficient (Wildman–Crippen LogP) is 2.21. The number of aryl methyl sites for hydroxylation is 1. The Morgan fingerprint density at radius 2 is 1.84 bits per heavy atom. The fourth-order valence-corrected chi connectivity index (χ4v) is 3.05. The van der Waals surface area contributed by atoms with Crippen molar-refractivity contribution < 1.29 is 8.42 Å². The summed E-state index contributed by atoms with van der Waals surface area (Å²) in [7, 11) is -1.87. The number of aromatic nitrogens is 1. The minimum absolute atomic E-state index is 0.323. The highest BCUT2D eigenvalue weighted by atomic mass is 32.2. The van der Waals surface area contributed by atoms with E-state index in [1.165, 1.54) is 4.31 Å². The molecule has 0 aliphatic heterocycles. The third kappa shape index (κ3) is 3.19. The maximum Gasteiger partial charge on any atom is 0.243 e. The highest BCUT2D eigenvalue weighted by molar-refractivity contribution is 7.89. The topological polar surface area (TPSA) is 50.3 Å². The standard InChI is InChI=1S/C14H16N2O2S/c1-12-4-3-5-14(10-12)19(17,18)16(2)11-13-6-8-15-9-7-13/h3-10H,11H2,1-2H3. The zero-order chi connectivity index (χ0) is 13.9. The third-order valence-corrected chi connectivity index (χ3v) is 4.65. The molecule has 1 aromatic carbocycles. The number of hydrogen-bond donors (Lipinski definition) is 0. The molecule has 4 nitrogen and oxygen atoms in total. The summed E-state index contributed by atoms with van der Waals surface area (Å²) >= 11 is 0. The van der Waals surface area contributed by atoms with E-state index in [-0.39, 0.29) is 0 Å². The van der Waals surface area contributed by atoms with E-state index in [4.69, 9.17) is 0 Å². The van der Waals surface area contributed by atoms with Gasteiger partial charge in [0.05, 0.1) is 4.90 Å². The highest BCUT2D eigenvalue weighted by Crippen LogP contribution is 2.17. The Kier molecular flexibility index (Phi) is 3.97. The van der Waals surface area contributed by atoms with Gasteiger partial charge in [0.2, 0.25) is 10.0 Å². The van der Waals surface area contributed by atoms with Crippen molar-refractivity contribution in [2.24, 2.45) is 0 Å². The van der Waals surface area contributed by atoms with Gasteiger partial charge in [0.25, 0.3) is 0 Å². The van der Waals surface area contributed by atoms with Crippen LogP contribution in [0.5, 0.6) is 0 Å². The Balaban J connectivity index is 2.25. The normalized spacial score (nSPS) is 11.7. The second-order valence-corrected chi connectivity index (χ2v) is 6.48. The first-order valence-electron chi connectivity index (χ1n) is 5.92. The van der Waals surface area contributed by atoms with Crippen molar-refractivity contribution in [2.45, 2.75) is 18.4 Å². The van der Waals surface area contributed by atoms with Gasteiger partial charge in [0.15, 0.2) is 0 Å². The van der Waals surface area contributed by atoms with Gasteiger partial charge in [-0.3, -0.25) is 4.98 Å². The molecule has 0 fully saturated rings. The van der Waals surface area contributed by atoms with Crippen molar-refractivity contribution in [1.82, 2.24) is 9.29 Å². The van der Waals surface area contributed by atoms with Crippen molar-refractivity contribution >= 4 is 10.0 Å². The van der Waals surface area contributed by atoms with Gasteiger partial charge in [0, 0.05) is 26.0 Å². The molecular weight excluding hydrogens is 260 g/mol. The first-order valence-corrected chi connectivity index (χ1v) is 7.36. The summed E-state index contributed by atoms with van der Waals surface area (Å²) in [6, 6.07) is 10.5. The lowest BCUT2D eigenvalue weighted by atomic mass is 10.2. The fraction of sp³-hybridized carbons (Fsp3) is 0.214. The molecule has 0 N–H and O–H groups in total. The van der Waals surface area contributed by atoms with Crippen molar-refractivity contribution in [3.05, 3.63) is 59.9 Å². The average molecular weight is 276 g/mol. The molecule has 2 rings (SSSR count). The molecule has 100 valence electrons. The van der Waals surface area contributed by atoms with E-state index in [0.717, 1.165) is 11.1 Å². The van der Waals surface area contributed by atoms with Crippen LogP contribution in [0.15, 0.2) is 53.7 Å². The van der Waals surface area contributed by atoms with Crippen molar-refractivity contribution in [1.29, 1.82) is 0 Å². The van der Waals surface area contributed by atoms with Crippen LogP contribution >= 0.6 is 0 Å². The molecule has 0 spiro atoms. The monoisotopic (exact) mass is 276 g/mol. The summed E-state index contributed by atoms with van der Waals surface area (Å²) in [5.74, 6) is 0. The molecule has 2 aromatic rings. The second kappa shape index (κ2) is 5.50. The third-order valence-electron chi connectivity index (χ3n) is 2.85. The lowest BCUT2D eigenvalue weighted by Crippen LogP contribution is -2.26. The second-order valence-electron chi connectivity index (χ2n) is 4.43. The minimum Gasteiger partial charge on any atom is -0.265 e. The van der Waals surface area contributed by atoms with E-state index in [2.05, 4.69) is 4.98 Å². The summed E-state index contributed by atoms with van der Waals surface area (Å²) in [4.78, 5) is 4.24. The SMILES string of the molecule is Cc1cccc(S(=O)(=O)N(C)Cc2ccncc2)c1. The van der Waals surface area contributed by atoms with Crippen LogP contribution in [0.25, 0.3) is 0 Å². The van der Waals surface area contributed by atoms with Crippen LogP contribution in [0.1, 0.15) is 11.1 Å². The van der Waals surface area contributed by atoms with E-state index < -0.39 is 10.0 Å². The van der Waals surface area contributed by atoms with E-state index in [1.54, 1.807) is 37.6 Å². The number of nitrogens with zero attached hydrogens (tertiary/aromatic N) is 2. The fourth-order valence-electron chi connectivity index (χ4n) is 1.79. The van der Waals surface area contributed by atoms with Crippen LogP contribution in [-0.4, -0.2) is 24.8 Å². The molecular formula is C14H16N2O2S. The van der Waals surface area contributed by atoms with Gasteiger partial charge in [0.1, 0.15) is 0 Å². The van der Waals surface area contributed by atoms with Gasteiger partial charge in [-0.05, 0) is 42.3 Å².